The lowest BCUT2D eigenvalue weighted by Gasteiger charge is -2.20. The molecule has 5 heteroatoms. The molecule has 0 fully saturated rings. The molecule has 0 heterocycles. The van der Waals surface area contributed by atoms with Gasteiger partial charge in [-0.15, -0.1) is 0 Å². The molecule has 1 aliphatic rings. The maximum atomic E-state index is 12.6. The van der Waals surface area contributed by atoms with Crippen LogP contribution in [0.2, 0.25) is 0 Å². The number of halogens is 2. The highest BCUT2D eigenvalue weighted by molar-refractivity contribution is 6.30. The highest BCUT2D eigenvalue weighted by Gasteiger charge is 2.31. The molecule has 3 rings (SSSR count). The van der Waals surface area contributed by atoms with E-state index in [9.17, 15) is 18.4 Å². The maximum Gasteiger partial charge on any atom is 0.240 e. The summed E-state index contributed by atoms with van der Waals surface area (Å²) in [7, 11) is 0. The van der Waals surface area contributed by atoms with Gasteiger partial charge in [0.15, 0.2) is 11.6 Å². The number of carbonyl (C=O) groups excluding carboxylic acids is 2. The summed E-state index contributed by atoms with van der Waals surface area (Å²) in [5.74, 6) is -0.479. The topological polar surface area (TPSA) is 46.2 Å². The first-order valence-electron chi connectivity index (χ1n) is 6.93. The van der Waals surface area contributed by atoms with E-state index < -0.39 is 6.43 Å². The van der Waals surface area contributed by atoms with Crippen LogP contribution in [0.15, 0.2) is 42.5 Å². The van der Waals surface area contributed by atoms with Gasteiger partial charge in [-0.25, -0.2) is 8.78 Å². The maximum absolute atomic E-state index is 12.6. The molecule has 3 nitrogen and oxygen atoms in total. The third-order valence-corrected chi connectivity index (χ3v) is 3.63. The molecule has 0 aromatic heterocycles. The van der Waals surface area contributed by atoms with E-state index >= 15 is 0 Å². The zero-order chi connectivity index (χ0) is 15.7. The first kappa shape index (κ1) is 14.4. The first-order chi connectivity index (χ1) is 10.6. The Labute approximate surface area is 126 Å². The van der Waals surface area contributed by atoms with E-state index in [0.717, 1.165) is 0 Å². The summed E-state index contributed by atoms with van der Waals surface area (Å²) >= 11 is 0. The summed E-state index contributed by atoms with van der Waals surface area (Å²) in [5, 5.41) is 2.83. The summed E-state index contributed by atoms with van der Waals surface area (Å²) in [5.41, 5.74) is 1.73. The van der Waals surface area contributed by atoms with Crippen molar-refractivity contribution in [3.8, 4) is 0 Å². The van der Waals surface area contributed by atoms with Gasteiger partial charge in [0.2, 0.25) is 6.43 Å². The van der Waals surface area contributed by atoms with Gasteiger partial charge >= 0.3 is 0 Å². The number of carbonyl (C=O) groups is 2. The Hall–Kier alpha value is -2.56. The van der Waals surface area contributed by atoms with Crippen LogP contribution in [0.4, 0.5) is 14.5 Å². The lowest BCUT2D eigenvalue weighted by molar-refractivity contribution is 0.0979. The minimum atomic E-state index is -2.41. The van der Waals surface area contributed by atoms with Crippen LogP contribution in [0.25, 0.3) is 0 Å². The minimum Gasteiger partial charge on any atom is -0.384 e. The van der Waals surface area contributed by atoms with Gasteiger partial charge in [0.1, 0.15) is 0 Å². The van der Waals surface area contributed by atoms with Crippen molar-refractivity contribution in [2.24, 2.45) is 0 Å². The van der Waals surface area contributed by atoms with Crippen molar-refractivity contribution < 1.29 is 18.4 Å². The SMILES string of the molecule is O=C1c2ccccc2C(=O)c2c(NCCC(F)F)cccc21. The quantitative estimate of drug-likeness (QED) is 0.802. The normalized spacial score (nSPS) is 13.0. The fourth-order valence-electron chi connectivity index (χ4n) is 2.61. The van der Waals surface area contributed by atoms with Gasteiger partial charge in [0.25, 0.3) is 0 Å². The molecule has 0 unspecified atom stereocenters. The zero-order valence-corrected chi connectivity index (χ0v) is 11.6. The summed E-state index contributed by atoms with van der Waals surface area (Å²) in [4.78, 5) is 25.1. The highest BCUT2D eigenvalue weighted by Crippen LogP contribution is 2.31. The molecule has 1 N–H and O–H groups in total. The molecule has 0 aliphatic heterocycles. The lowest BCUT2D eigenvalue weighted by Crippen LogP contribution is -2.22. The summed E-state index contributed by atoms with van der Waals surface area (Å²) in [6.45, 7) is 0.0389. The first-order valence-corrected chi connectivity index (χ1v) is 6.93. The van der Waals surface area contributed by atoms with Crippen molar-refractivity contribution in [1.29, 1.82) is 0 Å². The van der Waals surface area contributed by atoms with E-state index in [1.165, 1.54) is 0 Å². The van der Waals surface area contributed by atoms with Gasteiger partial charge in [0, 0.05) is 35.3 Å². The number of rotatable bonds is 4. The lowest BCUT2D eigenvalue weighted by atomic mass is 9.83. The van der Waals surface area contributed by atoms with Crippen LogP contribution in [0.1, 0.15) is 38.3 Å². The van der Waals surface area contributed by atoms with Crippen molar-refractivity contribution >= 4 is 17.3 Å². The van der Waals surface area contributed by atoms with E-state index in [2.05, 4.69) is 5.32 Å². The minimum absolute atomic E-state index is 0.0389. The van der Waals surface area contributed by atoms with Crippen LogP contribution in [0, 0.1) is 0 Å². The standard InChI is InChI=1S/C17H13F2NO2/c18-14(19)8-9-20-13-7-3-6-12-15(13)17(22)11-5-2-1-4-10(11)16(12)21/h1-7,14,20H,8-9H2. The van der Waals surface area contributed by atoms with Crippen molar-refractivity contribution in [3.05, 3.63) is 64.7 Å². The Kier molecular flexibility index (Phi) is 3.71. The average Bonchev–Trinajstić information content (AvgIpc) is 2.52. The molecule has 0 amide bonds. The summed E-state index contributed by atoms with van der Waals surface area (Å²) in [6.07, 6.45) is -2.73. The van der Waals surface area contributed by atoms with Crippen molar-refractivity contribution in [2.75, 3.05) is 11.9 Å². The van der Waals surface area contributed by atoms with Crippen molar-refractivity contribution in [2.45, 2.75) is 12.8 Å². The van der Waals surface area contributed by atoms with Gasteiger partial charge in [-0.1, -0.05) is 36.4 Å². The second kappa shape index (κ2) is 5.67. The fraction of sp³-hybridized carbons (Fsp3) is 0.176. The smallest absolute Gasteiger partial charge is 0.240 e. The number of ketones is 2. The highest BCUT2D eigenvalue weighted by atomic mass is 19.3. The fourth-order valence-corrected chi connectivity index (χ4v) is 2.61. The number of anilines is 1. The Bertz CT molecular complexity index is 756. The molecule has 2 aromatic carbocycles. The van der Waals surface area contributed by atoms with Crippen LogP contribution in [-0.2, 0) is 0 Å². The van der Waals surface area contributed by atoms with Gasteiger partial charge in [-0.05, 0) is 6.07 Å². The molecule has 0 saturated heterocycles. The largest absolute Gasteiger partial charge is 0.384 e. The molecule has 2 aromatic rings. The Morgan fingerprint density at radius 2 is 1.50 bits per heavy atom. The molecule has 0 radical (unpaired) electrons. The molecular formula is C17H13F2NO2. The average molecular weight is 301 g/mol. The predicted molar refractivity (Wildman–Crippen MR) is 78.9 cm³/mol. The number of nitrogens with one attached hydrogen (secondary N) is 1. The van der Waals surface area contributed by atoms with Crippen LogP contribution in [0.3, 0.4) is 0 Å². The van der Waals surface area contributed by atoms with Gasteiger partial charge in [-0.3, -0.25) is 9.59 Å². The molecular weight excluding hydrogens is 288 g/mol. The molecule has 1 aliphatic carbocycles. The molecule has 0 bridgehead atoms. The second-order valence-electron chi connectivity index (χ2n) is 5.04. The van der Waals surface area contributed by atoms with Crippen LogP contribution >= 0.6 is 0 Å². The number of benzene rings is 2. The third-order valence-electron chi connectivity index (χ3n) is 3.63. The second-order valence-corrected chi connectivity index (χ2v) is 5.04. The monoisotopic (exact) mass is 301 g/mol. The summed E-state index contributed by atoms with van der Waals surface area (Å²) < 4.78 is 24.5. The van der Waals surface area contributed by atoms with E-state index in [0.29, 0.717) is 22.4 Å². The summed E-state index contributed by atoms with van der Waals surface area (Å²) in [6, 6.07) is 11.5. The Balaban J connectivity index is 2.01. The molecule has 0 saturated carbocycles. The third kappa shape index (κ3) is 2.39. The van der Waals surface area contributed by atoms with Crippen molar-refractivity contribution in [1.82, 2.24) is 0 Å². The molecule has 22 heavy (non-hydrogen) atoms. The molecule has 0 spiro atoms. The zero-order valence-electron chi connectivity index (χ0n) is 11.6. The number of hydrogen-bond donors (Lipinski definition) is 1. The van der Waals surface area contributed by atoms with Gasteiger partial charge < -0.3 is 5.32 Å². The van der Waals surface area contributed by atoms with Crippen LogP contribution in [0.5, 0.6) is 0 Å². The number of alkyl halides is 2. The number of fused-ring (bicyclic) bond motifs is 2. The van der Waals surface area contributed by atoms with E-state index in [4.69, 9.17) is 0 Å². The predicted octanol–water partition coefficient (Wildman–Crippen LogP) is 3.53. The molecule has 0 atom stereocenters. The Morgan fingerprint density at radius 3 is 2.18 bits per heavy atom. The number of hydrogen-bond acceptors (Lipinski definition) is 3. The van der Waals surface area contributed by atoms with Gasteiger partial charge in [0.05, 0.1) is 5.56 Å². The van der Waals surface area contributed by atoms with E-state index in [1.807, 2.05) is 0 Å². The van der Waals surface area contributed by atoms with Gasteiger partial charge in [-0.2, -0.15) is 0 Å². The van der Waals surface area contributed by atoms with E-state index in [1.54, 1.807) is 42.5 Å². The van der Waals surface area contributed by atoms with Crippen molar-refractivity contribution in [3.63, 3.8) is 0 Å². The van der Waals surface area contributed by atoms with Crippen LogP contribution < -0.4 is 5.32 Å². The Morgan fingerprint density at radius 1 is 0.864 bits per heavy atom. The van der Waals surface area contributed by atoms with Crippen LogP contribution in [-0.4, -0.2) is 24.5 Å². The van der Waals surface area contributed by atoms with E-state index in [-0.39, 0.29) is 30.1 Å². The molecule has 112 valence electrons.